The van der Waals surface area contributed by atoms with Gasteiger partial charge >= 0.3 is 0 Å². The molecule has 9 aromatic rings. The molecule has 0 unspecified atom stereocenters. The Labute approximate surface area is 281 Å². The standard InChI is InChI=1S/C48H32/c1-3-12-33(13-4-1)35-22-24-36(25-23-35)39-28-26-37-27-29-41(32-42(37)31-39)48-45-20-9-7-18-43(45)47(44-19-8-10-21-46(44)48)40-17-11-16-38(30-40)34-14-5-2-6-15-34/h1-32H. The number of benzene rings is 9. The molecule has 48 heavy (non-hydrogen) atoms. The summed E-state index contributed by atoms with van der Waals surface area (Å²) in [6.45, 7) is 0. The van der Waals surface area contributed by atoms with Crippen molar-refractivity contribution in [2.45, 2.75) is 0 Å². The van der Waals surface area contributed by atoms with E-state index in [-0.39, 0.29) is 0 Å². The lowest BCUT2D eigenvalue weighted by Gasteiger charge is -2.18. The normalized spacial score (nSPS) is 11.3. The predicted octanol–water partition coefficient (Wildman–Crippen LogP) is 13.5. The Morgan fingerprint density at radius 2 is 0.521 bits per heavy atom. The van der Waals surface area contributed by atoms with Crippen LogP contribution in [-0.2, 0) is 0 Å². The summed E-state index contributed by atoms with van der Waals surface area (Å²) in [5.41, 5.74) is 12.4. The minimum absolute atomic E-state index is 1.22. The first-order chi connectivity index (χ1) is 23.8. The van der Waals surface area contributed by atoms with Crippen LogP contribution in [0.25, 0.3) is 88.0 Å². The number of fused-ring (bicyclic) bond motifs is 3. The molecular formula is C48H32. The van der Waals surface area contributed by atoms with Gasteiger partial charge in [0.1, 0.15) is 0 Å². The Bertz CT molecular complexity index is 2520. The van der Waals surface area contributed by atoms with Crippen LogP contribution in [0, 0.1) is 0 Å². The van der Waals surface area contributed by atoms with Gasteiger partial charge in [-0.15, -0.1) is 0 Å². The van der Waals surface area contributed by atoms with Crippen molar-refractivity contribution in [1.29, 1.82) is 0 Å². The van der Waals surface area contributed by atoms with Crippen molar-refractivity contribution < 1.29 is 0 Å². The highest BCUT2D eigenvalue weighted by atomic mass is 14.2. The van der Waals surface area contributed by atoms with E-state index in [0.29, 0.717) is 0 Å². The summed E-state index contributed by atoms with van der Waals surface area (Å²) >= 11 is 0. The first-order valence-corrected chi connectivity index (χ1v) is 16.6. The number of hydrogen-bond acceptors (Lipinski definition) is 0. The fourth-order valence-corrected chi connectivity index (χ4v) is 7.30. The quantitative estimate of drug-likeness (QED) is 0.171. The largest absolute Gasteiger partial charge is 0.0622 e. The molecule has 9 aromatic carbocycles. The maximum atomic E-state index is 2.38. The van der Waals surface area contributed by atoms with Crippen molar-refractivity contribution in [3.63, 3.8) is 0 Å². The maximum absolute atomic E-state index is 2.38. The zero-order valence-corrected chi connectivity index (χ0v) is 26.5. The van der Waals surface area contributed by atoms with Crippen LogP contribution in [0.15, 0.2) is 194 Å². The van der Waals surface area contributed by atoms with E-state index >= 15 is 0 Å². The van der Waals surface area contributed by atoms with Gasteiger partial charge in [-0.05, 0) is 106 Å². The van der Waals surface area contributed by atoms with E-state index in [2.05, 4.69) is 194 Å². The zero-order chi connectivity index (χ0) is 31.9. The van der Waals surface area contributed by atoms with Crippen molar-refractivity contribution in [3.8, 4) is 55.6 Å². The summed E-state index contributed by atoms with van der Waals surface area (Å²) in [7, 11) is 0. The lowest BCUT2D eigenvalue weighted by Crippen LogP contribution is -1.91. The molecule has 0 saturated heterocycles. The van der Waals surface area contributed by atoms with Crippen molar-refractivity contribution in [3.05, 3.63) is 194 Å². The zero-order valence-electron chi connectivity index (χ0n) is 26.5. The van der Waals surface area contributed by atoms with Crippen molar-refractivity contribution >= 4 is 32.3 Å². The van der Waals surface area contributed by atoms with Crippen LogP contribution in [-0.4, -0.2) is 0 Å². The Kier molecular flexibility index (Phi) is 6.91. The third-order valence-corrected chi connectivity index (χ3v) is 9.64. The highest BCUT2D eigenvalue weighted by Gasteiger charge is 2.17. The summed E-state index contributed by atoms with van der Waals surface area (Å²) in [4.78, 5) is 0. The van der Waals surface area contributed by atoms with Crippen LogP contribution in [0.2, 0.25) is 0 Å². The Morgan fingerprint density at radius 3 is 1.08 bits per heavy atom. The van der Waals surface area contributed by atoms with Crippen molar-refractivity contribution in [2.24, 2.45) is 0 Å². The minimum Gasteiger partial charge on any atom is -0.0622 e. The maximum Gasteiger partial charge on any atom is -0.00262 e. The Hall–Kier alpha value is -6.24. The van der Waals surface area contributed by atoms with Crippen LogP contribution in [0.1, 0.15) is 0 Å². The lowest BCUT2D eigenvalue weighted by molar-refractivity contribution is 1.60. The highest BCUT2D eigenvalue weighted by molar-refractivity contribution is 6.21. The molecule has 0 nitrogen and oxygen atoms in total. The Morgan fingerprint density at radius 1 is 0.188 bits per heavy atom. The van der Waals surface area contributed by atoms with E-state index in [1.54, 1.807) is 0 Å². The second-order valence-corrected chi connectivity index (χ2v) is 12.5. The number of rotatable bonds is 5. The molecule has 0 aliphatic heterocycles. The molecule has 0 aliphatic rings. The molecule has 0 radical (unpaired) electrons. The van der Waals surface area contributed by atoms with Gasteiger partial charge in [0.05, 0.1) is 0 Å². The summed E-state index contributed by atoms with van der Waals surface area (Å²) < 4.78 is 0. The monoisotopic (exact) mass is 608 g/mol. The summed E-state index contributed by atoms with van der Waals surface area (Å²) in [5.74, 6) is 0. The fourth-order valence-electron chi connectivity index (χ4n) is 7.30. The molecule has 0 aliphatic carbocycles. The molecule has 9 rings (SSSR count). The van der Waals surface area contributed by atoms with Crippen LogP contribution in [0.5, 0.6) is 0 Å². The van der Waals surface area contributed by atoms with E-state index in [1.165, 1.54) is 88.0 Å². The minimum atomic E-state index is 1.22. The van der Waals surface area contributed by atoms with Gasteiger partial charge in [-0.2, -0.15) is 0 Å². The molecule has 0 heteroatoms. The van der Waals surface area contributed by atoms with Gasteiger partial charge in [0.2, 0.25) is 0 Å². The van der Waals surface area contributed by atoms with Gasteiger partial charge in [-0.3, -0.25) is 0 Å². The molecular weight excluding hydrogens is 577 g/mol. The average molecular weight is 609 g/mol. The fraction of sp³-hybridized carbons (Fsp3) is 0. The van der Waals surface area contributed by atoms with Crippen molar-refractivity contribution in [2.75, 3.05) is 0 Å². The van der Waals surface area contributed by atoms with E-state index in [0.717, 1.165) is 0 Å². The molecule has 0 saturated carbocycles. The smallest absolute Gasteiger partial charge is 0.00262 e. The molecule has 0 N–H and O–H groups in total. The first-order valence-electron chi connectivity index (χ1n) is 16.6. The Balaban J connectivity index is 1.19. The average Bonchev–Trinajstić information content (AvgIpc) is 3.17. The topological polar surface area (TPSA) is 0 Å². The second-order valence-electron chi connectivity index (χ2n) is 12.5. The van der Waals surface area contributed by atoms with Gasteiger partial charge in [0, 0.05) is 0 Å². The van der Waals surface area contributed by atoms with E-state index in [9.17, 15) is 0 Å². The lowest BCUT2D eigenvalue weighted by atomic mass is 9.85. The van der Waals surface area contributed by atoms with Crippen LogP contribution < -0.4 is 0 Å². The van der Waals surface area contributed by atoms with Crippen LogP contribution >= 0.6 is 0 Å². The summed E-state index contributed by atoms with van der Waals surface area (Å²) in [6.07, 6.45) is 0. The highest BCUT2D eigenvalue weighted by Crippen LogP contribution is 2.44. The molecule has 0 spiro atoms. The predicted molar refractivity (Wildman–Crippen MR) is 206 cm³/mol. The van der Waals surface area contributed by atoms with Gasteiger partial charge < -0.3 is 0 Å². The van der Waals surface area contributed by atoms with E-state index in [4.69, 9.17) is 0 Å². The first kappa shape index (κ1) is 28.0. The van der Waals surface area contributed by atoms with Crippen LogP contribution in [0.3, 0.4) is 0 Å². The molecule has 0 aromatic heterocycles. The molecule has 0 fully saturated rings. The molecule has 0 heterocycles. The second kappa shape index (κ2) is 11.8. The van der Waals surface area contributed by atoms with Gasteiger partial charge in [0.25, 0.3) is 0 Å². The SMILES string of the molecule is c1ccc(-c2ccc(-c3ccc4ccc(-c5c6ccccc6c(-c6cccc(-c7ccccc7)c6)c6ccccc56)cc4c3)cc2)cc1. The molecule has 0 amide bonds. The molecule has 0 atom stereocenters. The van der Waals surface area contributed by atoms with E-state index in [1.807, 2.05) is 0 Å². The van der Waals surface area contributed by atoms with Gasteiger partial charge in [-0.25, -0.2) is 0 Å². The van der Waals surface area contributed by atoms with Crippen LogP contribution in [0.4, 0.5) is 0 Å². The number of hydrogen-bond donors (Lipinski definition) is 0. The molecule has 0 bridgehead atoms. The summed E-state index contributed by atoms with van der Waals surface area (Å²) in [5, 5.41) is 7.55. The third-order valence-electron chi connectivity index (χ3n) is 9.64. The van der Waals surface area contributed by atoms with Crippen molar-refractivity contribution in [1.82, 2.24) is 0 Å². The van der Waals surface area contributed by atoms with Gasteiger partial charge in [-0.1, -0.05) is 176 Å². The molecule has 224 valence electrons. The summed E-state index contributed by atoms with van der Waals surface area (Å²) in [6, 6.07) is 70.7. The van der Waals surface area contributed by atoms with Gasteiger partial charge in [0.15, 0.2) is 0 Å². The van der Waals surface area contributed by atoms with E-state index < -0.39 is 0 Å². The third kappa shape index (κ3) is 4.96.